The molecule has 2 bridgehead atoms. The number of unbranched alkanes of at least 4 members (excludes halogenated alkanes) is 1. The molecule has 4 rings (SSSR count). The molecule has 6 nitrogen and oxygen atoms in total. The number of fused-ring (bicyclic) bond motifs is 3. The van der Waals surface area contributed by atoms with Crippen molar-refractivity contribution in [2.24, 2.45) is 0 Å². The molecule has 2 unspecified atom stereocenters. The topological polar surface area (TPSA) is 69.7 Å². The third-order valence-corrected chi connectivity index (χ3v) is 5.76. The maximum absolute atomic E-state index is 13.0. The second-order valence-electron chi connectivity index (χ2n) is 7.55. The number of benzene rings is 1. The van der Waals surface area contributed by atoms with E-state index in [0.29, 0.717) is 41.9 Å². The summed E-state index contributed by atoms with van der Waals surface area (Å²) in [7, 11) is 0. The number of nitrogens with zero attached hydrogens (tertiary/aromatic N) is 2. The van der Waals surface area contributed by atoms with Gasteiger partial charge in [-0.05, 0) is 43.9 Å². The molecule has 3 heterocycles. The number of amides is 3. The summed E-state index contributed by atoms with van der Waals surface area (Å²) in [6, 6.07) is 5.82. The molecule has 1 N–H and O–H groups in total. The van der Waals surface area contributed by atoms with Crippen molar-refractivity contribution in [1.29, 1.82) is 0 Å². The molecule has 27 heavy (non-hydrogen) atoms. The van der Waals surface area contributed by atoms with Gasteiger partial charge in [0.05, 0.1) is 11.1 Å². The third-order valence-electron chi connectivity index (χ3n) is 5.76. The molecule has 146 valence electrons. The number of carbonyl (C=O) groups excluding carboxylic acids is 3. The van der Waals surface area contributed by atoms with Gasteiger partial charge >= 0.3 is 0 Å². The Morgan fingerprint density at radius 2 is 1.85 bits per heavy atom. The Labute approximate surface area is 165 Å². The summed E-state index contributed by atoms with van der Waals surface area (Å²) >= 11 is 0. The number of hydrogen-bond donors (Lipinski definition) is 1. The number of imide groups is 1. The first-order valence-corrected chi connectivity index (χ1v) is 9.64. The Kier molecular flexibility index (Phi) is 5.86. The SMILES string of the molecule is CCCCN1C(=O)c2ccc(C(=O)N3CCC4CCC(C3)N4)cc2C1=O.Cl. The van der Waals surface area contributed by atoms with Gasteiger partial charge in [-0.1, -0.05) is 13.3 Å². The van der Waals surface area contributed by atoms with Crippen molar-refractivity contribution < 1.29 is 14.4 Å². The fraction of sp³-hybridized carbons (Fsp3) is 0.550. The van der Waals surface area contributed by atoms with Crippen LogP contribution in [0.5, 0.6) is 0 Å². The summed E-state index contributed by atoms with van der Waals surface area (Å²) in [4.78, 5) is 41.2. The molecule has 2 fully saturated rings. The molecule has 0 radical (unpaired) electrons. The first-order valence-electron chi connectivity index (χ1n) is 9.64. The summed E-state index contributed by atoms with van der Waals surface area (Å²) < 4.78 is 0. The first-order chi connectivity index (χ1) is 12.6. The molecule has 0 saturated carbocycles. The van der Waals surface area contributed by atoms with E-state index in [0.717, 1.165) is 32.2 Å². The van der Waals surface area contributed by atoms with Gasteiger partial charge in [-0.15, -0.1) is 12.4 Å². The van der Waals surface area contributed by atoms with Gasteiger partial charge in [0, 0.05) is 37.3 Å². The summed E-state index contributed by atoms with van der Waals surface area (Å²) in [5, 5.41) is 3.57. The van der Waals surface area contributed by atoms with Gasteiger partial charge in [0.2, 0.25) is 0 Å². The Bertz CT molecular complexity index is 767. The van der Waals surface area contributed by atoms with Crippen LogP contribution in [0.15, 0.2) is 18.2 Å². The van der Waals surface area contributed by atoms with Crippen LogP contribution in [0, 0.1) is 0 Å². The van der Waals surface area contributed by atoms with Crippen molar-refractivity contribution in [2.45, 2.75) is 51.1 Å². The predicted molar refractivity (Wildman–Crippen MR) is 104 cm³/mol. The summed E-state index contributed by atoms with van der Waals surface area (Å²) in [6.07, 6.45) is 4.98. The Balaban J connectivity index is 0.00000210. The molecule has 3 aliphatic heterocycles. The van der Waals surface area contributed by atoms with Crippen molar-refractivity contribution in [3.63, 3.8) is 0 Å². The van der Waals surface area contributed by atoms with E-state index in [9.17, 15) is 14.4 Å². The van der Waals surface area contributed by atoms with E-state index < -0.39 is 0 Å². The van der Waals surface area contributed by atoms with Crippen LogP contribution in [0.25, 0.3) is 0 Å². The van der Waals surface area contributed by atoms with Gasteiger partial charge in [-0.25, -0.2) is 0 Å². The second-order valence-corrected chi connectivity index (χ2v) is 7.55. The van der Waals surface area contributed by atoms with Crippen LogP contribution in [-0.2, 0) is 0 Å². The Morgan fingerprint density at radius 1 is 1.11 bits per heavy atom. The highest BCUT2D eigenvalue weighted by Gasteiger charge is 2.36. The maximum Gasteiger partial charge on any atom is 0.261 e. The zero-order chi connectivity index (χ0) is 18.3. The van der Waals surface area contributed by atoms with Crippen molar-refractivity contribution in [3.05, 3.63) is 34.9 Å². The molecule has 0 aromatic heterocycles. The minimum Gasteiger partial charge on any atom is -0.337 e. The van der Waals surface area contributed by atoms with E-state index >= 15 is 0 Å². The van der Waals surface area contributed by atoms with Gasteiger partial charge in [-0.3, -0.25) is 19.3 Å². The summed E-state index contributed by atoms with van der Waals surface area (Å²) in [5.74, 6) is -0.562. The second kappa shape index (κ2) is 7.98. The number of halogens is 1. The lowest BCUT2D eigenvalue weighted by molar-refractivity contribution is 0.0652. The van der Waals surface area contributed by atoms with Gasteiger partial charge in [-0.2, -0.15) is 0 Å². The fourth-order valence-corrected chi connectivity index (χ4v) is 4.25. The van der Waals surface area contributed by atoms with Gasteiger partial charge in [0.15, 0.2) is 0 Å². The number of nitrogens with one attached hydrogen (secondary N) is 1. The monoisotopic (exact) mass is 391 g/mol. The quantitative estimate of drug-likeness (QED) is 0.800. The Morgan fingerprint density at radius 3 is 2.63 bits per heavy atom. The third kappa shape index (κ3) is 3.60. The van der Waals surface area contributed by atoms with Crippen LogP contribution in [0.1, 0.15) is 70.1 Å². The van der Waals surface area contributed by atoms with E-state index in [-0.39, 0.29) is 30.1 Å². The molecule has 0 spiro atoms. The van der Waals surface area contributed by atoms with Gasteiger partial charge < -0.3 is 10.2 Å². The smallest absolute Gasteiger partial charge is 0.261 e. The molecular weight excluding hydrogens is 366 g/mol. The van der Waals surface area contributed by atoms with Crippen LogP contribution < -0.4 is 5.32 Å². The molecule has 1 aromatic rings. The molecular formula is C20H26ClN3O3. The lowest BCUT2D eigenvalue weighted by Crippen LogP contribution is -2.39. The Hall–Kier alpha value is -1.92. The van der Waals surface area contributed by atoms with Crippen LogP contribution >= 0.6 is 12.4 Å². The number of hydrogen-bond acceptors (Lipinski definition) is 4. The fourth-order valence-electron chi connectivity index (χ4n) is 4.25. The van der Waals surface area contributed by atoms with Crippen LogP contribution in [0.3, 0.4) is 0 Å². The lowest BCUT2D eigenvalue weighted by atomic mass is 10.0. The first kappa shape index (κ1) is 19.8. The van der Waals surface area contributed by atoms with Crippen molar-refractivity contribution >= 4 is 30.1 Å². The van der Waals surface area contributed by atoms with Crippen LogP contribution in [-0.4, -0.2) is 59.2 Å². The average molecular weight is 392 g/mol. The zero-order valence-corrected chi connectivity index (χ0v) is 16.4. The standard InChI is InChI=1S/C20H25N3O3.ClH/c1-2-3-9-23-19(25)16-7-4-13(11-17(16)20(23)26)18(24)22-10-8-14-5-6-15(12-22)21-14;/h4,7,11,14-15,21H,2-3,5-6,8-10,12H2,1H3;1H. The highest BCUT2D eigenvalue weighted by molar-refractivity contribution is 6.22. The van der Waals surface area contributed by atoms with E-state index in [2.05, 4.69) is 5.32 Å². The minimum absolute atomic E-state index is 0. The van der Waals surface area contributed by atoms with E-state index in [1.165, 1.54) is 11.3 Å². The van der Waals surface area contributed by atoms with Crippen LogP contribution in [0.2, 0.25) is 0 Å². The minimum atomic E-state index is -0.273. The molecule has 0 aliphatic carbocycles. The maximum atomic E-state index is 13.0. The molecule has 2 saturated heterocycles. The van der Waals surface area contributed by atoms with E-state index in [4.69, 9.17) is 0 Å². The van der Waals surface area contributed by atoms with Gasteiger partial charge in [0.1, 0.15) is 0 Å². The van der Waals surface area contributed by atoms with E-state index in [1.807, 2.05) is 11.8 Å². The predicted octanol–water partition coefficient (Wildman–Crippen LogP) is 2.47. The molecule has 2 atom stereocenters. The van der Waals surface area contributed by atoms with E-state index in [1.54, 1.807) is 18.2 Å². The summed E-state index contributed by atoms with van der Waals surface area (Å²) in [6.45, 7) is 3.91. The molecule has 3 aliphatic rings. The average Bonchev–Trinajstić information content (AvgIpc) is 3.10. The lowest BCUT2D eigenvalue weighted by Gasteiger charge is -2.24. The molecule has 1 aromatic carbocycles. The number of likely N-dealkylation sites (tertiary alicyclic amines) is 1. The van der Waals surface area contributed by atoms with Gasteiger partial charge in [0.25, 0.3) is 17.7 Å². The highest BCUT2D eigenvalue weighted by Crippen LogP contribution is 2.26. The summed E-state index contributed by atoms with van der Waals surface area (Å²) in [5.41, 5.74) is 1.28. The van der Waals surface area contributed by atoms with Crippen molar-refractivity contribution in [1.82, 2.24) is 15.1 Å². The van der Waals surface area contributed by atoms with Crippen molar-refractivity contribution in [3.8, 4) is 0 Å². The molecule has 3 amide bonds. The number of rotatable bonds is 4. The normalized spacial score (nSPS) is 23.9. The largest absolute Gasteiger partial charge is 0.337 e. The van der Waals surface area contributed by atoms with Crippen molar-refractivity contribution in [2.75, 3.05) is 19.6 Å². The zero-order valence-electron chi connectivity index (χ0n) is 15.6. The number of carbonyl (C=O) groups is 3. The molecule has 7 heteroatoms. The van der Waals surface area contributed by atoms with Crippen LogP contribution in [0.4, 0.5) is 0 Å². The highest BCUT2D eigenvalue weighted by atomic mass is 35.5.